The van der Waals surface area contributed by atoms with Gasteiger partial charge in [-0.05, 0) is 31.4 Å². The van der Waals surface area contributed by atoms with Crippen molar-refractivity contribution in [1.82, 2.24) is 0 Å². The van der Waals surface area contributed by atoms with Gasteiger partial charge in [0, 0.05) is 30.7 Å². The summed E-state index contributed by atoms with van der Waals surface area (Å²) in [6.07, 6.45) is 5.53. The van der Waals surface area contributed by atoms with E-state index in [-0.39, 0.29) is 47.0 Å². The molecule has 0 spiro atoms. The van der Waals surface area contributed by atoms with E-state index in [1.54, 1.807) is 6.92 Å². The molecule has 1 heterocycles. The summed E-state index contributed by atoms with van der Waals surface area (Å²) in [6.45, 7) is 1.75. The predicted octanol–water partition coefficient (Wildman–Crippen LogP) is 3.49. The Morgan fingerprint density at radius 1 is 1.21 bits per heavy atom. The Morgan fingerprint density at radius 3 is 2.71 bits per heavy atom. The van der Waals surface area contributed by atoms with Gasteiger partial charge in [-0.3, -0.25) is 4.79 Å². The van der Waals surface area contributed by atoms with Crippen molar-refractivity contribution in [3.05, 3.63) is 35.4 Å². The number of alkyl halides is 1. The maximum absolute atomic E-state index is 12.4. The number of hydrogen-bond donors (Lipinski definition) is 2. The molecule has 2 N–H and O–H groups in total. The zero-order valence-electron chi connectivity index (χ0n) is 13.5. The number of benzene rings is 1. The van der Waals surface area contributed by atoms with Crippen LogP contribution in [0.1, 0.15) is 48.5 Å². The monoisotopic (exact) mass is 352 g/mol. The van der Waals surface area contributed by atoms with Crippen LogP contribution in [-0.2, 0) is 16.0 Å². The lowest BCUT2D eigenvalue weighted by molar-refractivity contribution is -0.118. The first-order valence-electron chi connectivity index (χ1n) is 7.93. The van der Waals surface area contributed by atoms with Gasteiger partial charge >= 0.3 is 5.97 Å². The second kappa shape index (κ2) is 8.20. The maximum atomic E-state index is 12.4. The van der Waals surface area contributed by atoms with Crippen LogP contribution in [0.4, 0.5) is 0 Å². The standard InChI is InChI=1S/C18H21ClO5/c1-11-5-3-2-4-6-13(19)9-14(20)7-12-8-15(21)10-16(22)17(12)18(23)24-11/h2-3,8,10-11,13,21-22H,4-7,9H2,1H3/b3-2+/t11-,13?/m1/s1. The van der Waals surface area contributed by atoms with Gasteiger partial charge < -0.3 is 14.9 Å². The number of hydrogen-bond acceptors (Lipinski definition) is 5. The molecular weight excluding hydrogens is 332 g/mol. The number of phenols is 2. The van der Waals surface area contributed by atoms with Crippen molar-refractivity contribution in [2.45, 2.75) is 50.5 Å². The fraction of sp³-hybridized carbons (Fsp3) is 0.444. The molecule has 0 fully saturated rings. The Balaban J connectivity index is 2.37. The predicted molar refractivity (Wildman–Crippen MR) is 90.6 cm³/mol. The third kappa shape index (κ3) is 4.99. The van der Waals surface area contributed by atoms with Gasteiger partial charge in [0.15, 0.2) is 0 Å². The van der Waals surface area contributed by atoms with Gasteiger partial charge in [-0.2, -0.15) is 0 Å². The molecule has 0 saturated carbocycles. The van der Waals surface area contributed by atoms with Crippen LogP contribution in [0.2, 0.25) is 0 Å². The molecule has 0 radical (unpaired) electrons. The van der Waals surface area contributed by atoms with Crippen molar-refractivity contribution in [3.63, 3.8) is 0 Å². The van der Waals surface area contributed by atoms with E-state index >= 15 is 0 Å². The van der Waals surface area contributed by atoms with Crippen LogP contribution < -0.4 is 0 Å². The molecular formula is C18H21ClO5. The van der Waals surface area contributed by atoms with Crippen molar-refractivity contribution in [3.8, 4) is 11.5 Å². The Morgan fingerprint density at radius 2 is 1.96 bits per heavy atom. The minimum Gasteiger partial charge on any atom is -0.508 e. The van der Waals surface area contributed by atoms with Crippen molar-refractivity contribution < 1.29 is 24.5 Å². The average molecular weight is 353 g/mol. The van der Waals surface area contributed by atoms with Crippen molar-refractivity contribution >= 4 is 23.4 Å². The third-order valence-corrected chi connectivity index (χ3v) is 4.19. The first kappa shape index (κ1) is 18.3. The number of rotatable bonds is 0. The topological polar surface area (TPSA) is 83.8 Å². The smallest absolute Gasteiger partial charge is 0.342 e. The van der Waals surface area contributed by atoms with Crippen LogP contribution in [0.5, 0.6) is 11.5 Å². The van der Waals surface area contributed by atoms with Crippen LogP contribution in [0.25, 0.3) is 0 Å². The number of fused-ring (bicyclic) bond motifs is 1. The molecule has 0 aliphatic carbocycles. The molecule has 130 valence electrons. The molecule has 1 aromatic rings. The number of carbonyl (C=O) groups is 2. The van der Waals surface area contributed by atoms with E-state index in [4.69, 9.17) is 16.3 Å². The molecule has 0 saturated heterocycles. The summed E-state index contributed by atoms with van der Waals surface area (Å²) < 4.78 is 5.33. The van der Waals surface area contributed by atoms with Gasteiger partial charge in [0.1, 0.15) is 28.9 Å². The molecule has 0 bridgehead atoms. The van der Waals surface area contributed by atoms with Crippen LogP contribution >= 0.6 is 11.6 Å². The highest BCUT2D eigenvalue weighted by atomic mass is 35.5. The Kier molecular flexibility index (Phi) is 6.26. The lowest BCUT2D eigenvalue weighted by atomic mass is 9.98. The third-order valence-electron chi connectivity index (χ3n) is 3.81. The average Bonchev–Trinajstić information content (AvgIpc) is 2.44. The Labute approximate surface area is 145 Å². The molecule has 1 aromatic carbocycles. The van der Waals surface area contributed by atoms with E-state index in [0.717, 1.165) is 12.5 Å². The number of ketones is 1. The van der Waals surface area contributed by atoms with E-state index in [9.17, 15) is 19.8 Å². The fourth-order valence-corrected chi connectivity index (χ4v) is 2.95. The number of halogens is 1. The number of aromatic hydroxyl groups is 2. The summed E-state index contributed by atoms with van der Waals surface area (Å²) in [5.41, 5.74) is 0.159. The zero-order chi connectivity index (χ0) is 17.7. The summed E-state index contributed by atoms with van der Waals surface area (Å²) in [4.78, 5) is 24.6. The van der Waals surface area contributed by atoms with E-state index in [1.165, 1.54) is 6.07 Å². The minimum absolute atomic E-state index is 0.0832. The molecule has 24 heavy (non-hydrogen) atoms. The molecule has 1 unspecified atom stereocenters. The second-order valence-corrected chi connectivity index (χ2v) is 6.63. The maximum Gasteiger partial charge on any atom is 0.342 e. The number of ether oxygens (including phenoxy) is 1. The summed E-state index contributed by atoms with van der Waals surface area (Å²) in [7, 11) is 0. The summed E-state index contributed by atoms with van der Waals surface area (Å²) in [5.74, 6) is -1.50. The number of Topliss-reactive ketones (excluding diaryl/α,β-unsaturated/α-hetero) is 1. The van der Waals surface area contributed by atoms with Gasteiger partial charge in [0.25, 0.3) is 0 Å². The highest BCUT2D eigenvalue weighted by Gasteiger charge is 2.23. The van der Waals surface area contributed by atoms with E-state index in [1.807, 2.05) is 12.2 Å². The van der Waals surface area contributed by atoms with Gasteiger partial charge in [-0.25, -0.2) is 4.79 Å². The Bertz CT molecular complexity index is 653. The molecule has 0 amide bonds. The highest BCUT2D eigenvalue weighted by Crippen LogP contribution is 2.29. The highest BCUT2D eigenvalue weighted by molar-refractivity contribution is 6.21. The quantitative estimate of drug-likeness (QED) is 0.424. The molecule has 2 atom stereocenters. The summed E-state index contributed by atoms with van der Waals surface area (Å²) in [5, 5.41) is 19.4. The SMILES string of the molecule is C[C@@H]1C/C=C/CCC(Cl)CC(=O)Cc2cc(O)cc(O)c2C(=O)O1. The number of cyclic esters (lactones) is 1. The molecule has 2 rings (SSSR count). The van der Waals surface area contributed by atoms with Crippen LogP contribution in [0.15, 0.2) is 24.3 Å². The number of carbonyl (C=O) groups excluding carboxylic acids is 2. The first-order valence-corrected chi connectivity index (χ1v) is 8.37. The van der Waals surface area contributed by atoms with Gasteiger partial charge in [-0.15, -0.1) is 11.6 Å². The Hall–Kier alpha value is -2.01. The van der Waals surface area contributed by atoms with Crippen molar-refractivity contribution in [2.24, 2.45) is 0 Å². The first-order chi connectivity index (χ1) is 11.4. The summed E-state index contributed by atoms with van der Waals surface area (Å²) in [6, 6.07) is 2.36. The van der Waals surface area contributed by atoms with Crippen molar-refractivity contribution in [1.29, 1.82) is 0 Å². The van der Waals surface area contributed by atoms with E-state index < -0.39 is 11.7 Å². The van der Waals surface area contributed by atoms with Crippen LogP contribution in [0, 0.1) is 0 Å². The van der Waals surface area contributed by atoms with E-state index in [2.05, 4.69) is 0 Å². The lowest BCUT2D eigenvalue weighted by Gasteiger charge is -2.16. The number of esters is 1. The fourth-order valence-electron chi connectivity index (χ4n) is 2.65. The van der Waals surface area contributed by atoms with E-state index in [0.29, 0.717) is 12.8 Å². The minimum atomic E-state index is -0.712. The largest absolute Gasteiger partial charge is 0.508 e. The van der Waals surface area contributed by atoms with Gasteiger partial charge in [0.2, 0.25) is 0 Å². The second-order valence-electron chi connectivity index (χ2n) is 6.02. The summed E-state index contributed by atoms with van der Waals surface area (Å²) >= 11 is 6.18. The number of phenolic OH excluding ortho intramolecular Hbond substituents is 2. The number of allylic oxidation sites excluding steroid dienone is 1. The molecule has 1 aliphatic rings. The lowest BCUT2D eigenvalue weighted by Crippen LogP contribution is -2.18. The van der Waals surface area contributed by atoms with Crippen LogP contribution in [0.3, 0.4) is 0 Å². The molecule has 5 nitrogen and oxygen atoms in total. The van der Waals surface area contributed by atoms with Crippen LogP contribution in [-0.4, -0.2) is 33.4 Å². The van der Waals surface area contributed by atoms with Gasteiger partial charge in [0.05, 0.1) is 0 Å². The molecule has 1 aliphatic heterocycles. The van der Waals surface area contributed by atoms with Crippen molar-refractivity contribution in [2.75, 3.05) is 0 Å². The zero-order valence-corrected chi connectivity index (χ0v) is 14.3. The van der Waals surface area contributed by atoms with Gasteiger partial charge in [-0.1, -0.05) is 12.2 Å². The molecule has 6 heteroatoms. The molecule has 0 aromatic heterocycles. The normalized spacial score (nSPS) is 24.6.